The molecule has 0 saturated heterocycles. The molecule has 3 heterocycles. The van der Waals surface area contributed by atoms with Gasteiger partial charge in [0.1, 0.15) is 11.4 Å². The Bertz CT molecular complexity index is 1190. The van der Waals surface area contributed by atoms with Gasteiger partial charge in [0.15, 0.2) is 5.82 Å². The first kappa shape index (κ1) is 19.8. The molecule has 4 aromatic rings. The summed E-state index contributed by atoms with van der Waals surface area (Å²) in [5, 5.41) is 0. The highest BCUT2D eigenvalue weighted by atomic mass is 19.4. The van der Waals surface area contributed by atoms with E-state index in [1.54, 1.807) is 36.8 Å². The van der Waals surface area contributed by atoms with Gasteiger partial charge in [0.2, 0.25) is 0 Å². The quantitative estimate of drug-likeness (QED) is 0.453. The van der Waals surface area contributed by atoms with Gasteiger partial charge in [-0.15, -0.1) is 0 Å². The highest BCUT2D eigenvalue weighted by molar-refractivity contribution is 5.81. The molecule has 0 fully saturated rings. The van der Waals surface area contributed by atoms with Crippen LogP contribution in [-0.4, -0.2) is 31.3 Å². The third-order valence-corrected chi connectivity index (χ3v) is 4.65. The molecule has 0 aliphatic rings. The molecular weight excluding hydrogens is 393 g/mol. The molecule has 152 valence electrons. The predicted octanol–water partition coefficient (Wildman–Crippen LogP) is 4.91. The summed E-state index contributed by atoms with van der Waals surface area (Å²) in [6.07, 6.45) is 0.976. The summed E-state index contributed by atoms with van der Waals surface area (Å²) in [6.45, 7) is 0. The molecule has 0 radical (unpaired) electrons. The van der Waals surface area contributed by atoms with E-state index in [2.05, 4.69) is 15.0 Å². The van der Waals surface area contributed by atoms with Crippen LogP contribution in [0, 0.1) is 0 Å². The number of aromatic nitrogens is 4. The third-order valence-electron chi connectivity index (χ3n) is 4.65. The highest BCUT2D eigenvalue weighted by Crippen LogP contribution is 2.25. The van der Waals surface area contributed by atoms with Gasteiger partial charge in [-0.25, -0.2) is 15.0 Å². The van der Waals surface area contributed by atoms with Gasteiger partial charge in [0.05, 0.1) is 18.3 Å². The molecule has 0 saturated carbocycles. The van der Waals surface area contributed by atoms with E-state index in [4.69, 9.17) is 0 Å². The summed E-state index contributed by atoms with van der Waals surface area (Å²) in [6, 6.07) is 12.7. The Morgan fingerprint density at radius 3 is 2.53 bits per heavy atom. The van der Waals surface area contributed by atoms with Gasteiger partial charge >= 0.3 is 6.18 Å². The van der Waals surface area contributed by atoms with E-state index in [9.17, 15) is 18.0 Å². The van der Waals surface area contributed by atoms with Crippen LogP contribution in [0.5, 0.6) is 0 Å². The summed E-state index contributed by atoms with van der Waals surface area (Å²) < 4.78 is 38.9. The van der Waals surface area contributed by atoms with Crippen molar-refractivity contribution in [1.29, 1.82) is 0 Å². The van der Waals surface area contributed by atoms with Crippen LogP contribution in [0.25, 0.3) is 28.3 Å². The Morgan fingerprint density at radius 2 is 1.77 bits per heavy atom. The predicted molar refractivity (Wildman–Crippen MR) is 106 cm³/mol. The van der Waals surface area contributed by atoms with Crippen LogP contribution in [0.3, 0.4) is 0 Å². The maximum absolute atomic E-state index is 12.3. The van der Waals surface area contributed by atoms with Crippen LogP contribution in [0.15, 0.2) is 67.3 Å². The van der Waals surface area contributed by atoms with Crippen LogP contribution in [-0.2, 0) is 11.2 Å². The van der Waals surface area contributed by atoms with E-state index in [-0.39, 0.29) is 6.42 Å². The van der Waals surface area contributed by atoms with Crippen molar-refractivity contribution in [2.24, 2.45) is 0 Å². The second kappa shape index (κ2) is 8.06. The maximum Gasteiger partial charge on any atom is 0.389 e. The normalized spacial score (nSPS) is 11.7. The second-order valence-electron chi connectivity index (χ2n) is 6.89. The molecule has 1 aromatic carbocycles. The second-order valence-corrected chi connectivity index (χ2v) is 6.89. The Labute approximate surface area is 170 Å². The van der Waals surface area contributed by atoms with Gasteiger partial charge in [-0.3, -0.25) is 9.20 Å². The largest absolute Gasteiger partial charge is 0.389 e. The molecule has 8 heteroatoms. The summed E-state index contributed by atoms with van der Waals surface area (Å²) in [5.74, 6) is 0.166. The summed E-state index contributed by atoms with van der Waals surface area (Å²) >= 11 is 0. The van der Waals surface area contributed by atoms with Crippen molar-refractivity contribution in [1.82, 2.24) is 19.4 Å². The maximum atomic E-state index is 12.3. The number of hydrogen-bond donors (Lipinski definition) is 0. The number of benzene rings is 1. The van der Waals surface area contributed by atoms with Crippen LogP contribution in [0.4, 0.5) is 13.2 Å². The zero-order valence-electron chi connectivity index (χ0n) is 15.8. The Kier molecular flexibility index (Phi) is 5.31. The SMILES string of the molecule is O=C(CCC(F)(F)F)Cc1cccc(-c2cnc3cc(-c4ncccn4)ccn23)c1. The smallest absolute Gasteiger partial charge is 0.300 e. The number of hydrogen-bond acceptors (Lipinski definition) is 4. The number of imidazole rings is 1. The molecule has 0 spiro atoms. The lowest BCUT2D eigenvalue weighted by atomic mass is 10.0. The van der Waals surface area contributed by atoms with Crippen molar-refractivity contribution < 1.29 is 18.0 Å². The highest BCUT2D eigenvalue weighted by Gasteiger charge is 2.27. The molecule has 0 N–H and O–H groups in total. The third kappa shape index (κ3) is 4.53. The summed E-state index contributed by atoms with van der Waals surface area (Å²) in [5.41, 5.74) is 3.86. The van der Waals surface area contributed by atoms with Crippen molar-refractivity contribution in [2.75, 3.05) is 0 Å². The lowest BCUT2D eigenvalue weighted by Gasteiger charge is -2.07. The molecule has 0 aliphatic carbocycles. The van der Waals surface area contributed by atoms with E-state index in [0.29, 0.717) is 17.0 Å². The Morgan fingerprint density at radius 1 is 0.967 bits per heavy atom. The van der Waals surface area contributed by atoms with E-state index in [1.165, 1.54) is 0 Å². The van der Waals surface area contributed by atoms with E-state index < -0.39 is 24.8 Å². The fourth-order valence-electron chi connectivity index (χ4n) is 3.22. The van der Waals surface area contributed by atoms with Crippen molar-refractivity contribution in [3.63, 3.8) is 0 Å². The molecule has 5 nitrogen and oxygen atoms in total. The number of carbonyl (C=O) groups excluding carboxylic acids is 1. The minimum atomic E-state index is -4.32. The number of ketones is 1. The van der Waals surface area contributed by atoms with E-state index in [0.717, 1.165) is 16.8 Å². The molecule has 0 amide bonds. The molecule has 0 atom stereocenters. The molecule has 0 aliphatic heterocycles. The van der Waals surface area contributed by atoms with Crippen LogP contribution >= 0.6 is 0 Å². The zero-order valence-corrected chi connectivity index (χ0v) is 15.8. The minimum absolute atomic E-state index is 0.0316. The molecule has 30 heavy (non-hydrogen) atoms. The number of halogens is 3. The monoisotopic (exact) mass is 410 g/mol. The van der Waals surface area contributed by atoms with Gasteiger partial charge in [-0.1, -0.05) is 18.2 Å². The van der Waals surface area contributed by atoms with Crippen molar-refractivity contribution in [3.8, 4) is 22.6 Å². The van der Waals surface area contributed by atoms with Crippen molar-refractivity contribution in [3.05, 3.63) is 72.8 Å². The number of nitrogens with zero attached hydrogens (tertiary/aromatic N) is 4. The first-order valence-corrected chi connectivity index (χ1v) is 9.31. The topological polar surface area (TPSA) is 60.2 Å². The van der Waals surface area contributed by atoms with Gasteiger partial charge < -0.3 is 0 Å². The van der Waals surface area contributed by atoms with Gasteiger partial charge in [-0.05, 0) is 29.8 Å². The number of alkyl halides is 3. The summed E-state index contributed by atoms with van der Waals surface area (Å²) in [4.78, 5) is 24.8. The summed E-state index contributed by atoms with van der Waals surface area (Å²) in [7, 11) is 0. The van der Waals surface area contributed by atoms with Gasteiger partial charge in [0.25, 0.3) is 0 Å². The van der Waals surface area contributed by atoms with Gasteiger partial charge in [0, 0.05) is 42.6 Å². The van der Waals surface area contributed by atoms with Crippen molar-refractivity contribution in [2.45, 2.75) is 25.4 Å². The average Bonchev–Trinajstić information content (AvgIpc) is 3.16. The molecule has 0 unspecified atom stereocenters. The lowest BCUT2D eigenvalue weighted by Crippen LogP contribution is -2.12. The number of Topliss-reactive ketones (excluding diaryl/α,β-unsaturated/α-hetero) is 1. The van der Waals surface area contributed by atoms with E-state index >= 15 is 0 Å². The Balaban J connectivity index is 1.57. The van der Waals surface area contributed by atoms with E-state index in [1.807, 2.05) is 34.9 Å². The standard InChI is InChI=1S/C22H17F3N4O/c23-22(24,25)7-5-18(30)12-15-3-1-4-16(11-15)19-14-28-20-13-17(6-10-29(19)20)21-26-8-2-9-27-21/h1-4,6,8-11,13-14H,5,7,12H2. The zero-order chi connectivity index (χ0) is 21.1. The van der Waals surface area contributed by atoms with Crippen molar-refractivity contribution >= 4 is 11.4 Å². The van der Waals surface area contributed by atoms with Crippen LogP contribution in [0.2, 0.25) is 0 Å². The number of fused-ring (bicyclic) bond motifs is 1. The fraction of sp³-hybridized carbons (Fsp3) is 0.182. The first-order valence-electron chi connectivity index (χ1n) is 9.31. The fourth-order valence-corrected chi connectivity index (χ4v) is 3.22. The molecule has 0 bridgehead atoms. The minimum Gasteiger partial charge on any atom is -0.300 e. The molecule has 4 rings (SSSR count). The first-order chi connectivity index (χ1) is 14.4. The average molecular weight is 410 g/mol. The van der Waals surface area contributed by atoms with Crippen LogP contribution in [0.1, 0.15) is 18.4 Å². The molecule has 3 aromatic heterocycles. The molecular formula is C22H17F3N4O. The van der Waals surface area contributed by atoms with Crippen LogP contribution < -0.4 is 0 Å². The lowest BCUT2D eigenvalue weighted by molar-refractivity contribution is -0.143. The number of pyridine rings is 1. The van der Waals surface area contributed by atoms with Gasteiger partial charge in [-0.2, -0.15) is 13.2 Å². The number of carbonyl (C=O) groups is 1. The number of rotatable bonds is 6. The Hall–Kier alpha value is -3.55.